The van der Waals surface area contributed by atoms with Crippen LogP contribution in [0.4, 0.5) is 0 Å². The van der Waals surface area contributed by atoms with E-state index >= 15 is 0 Å². The number of H-pyrrole nitrogens is 1. The first-order valence-electron chi connectivity index (χ1n) is 7.23. The number of primary amides is 1. The lowest BCUT2D eigenvalue weighted by molar-refractivity contribution is 0.100. The zero-order valence-electron chi connectivity index (χ0n) is 11.7. The molecule has 0 spiro atoms. The van der Waals surface area contributed by atoms with Gasteiger partial charge in [0, 0.05) is 0 Å². The van der Waals surface area contributed by atoms with Crippen LogP contribution in [0.15, 0.2) is 18.2 Å². The quantitative estimate of drug-likeness (QED) is 0.896. The number of aromatic amines is 1. The molecule has 1 aromatic heterocycles. The molecule has 1 fully saturated rings. The molecular weight excluding hydrogens is 252 g/mol. The van der Waals surface area contributed by atoms with Crippen LogP contribution in [-0.4, -0.2) is 33.9 Å². The number of likely N-dealkylation sites (tertiary alicyclic amines) is 1. The van der Waals surface area contributed by atoms with E-state index in [-0.39, 0.29) is 0 Å². The largest absolute Gasteiger partial charge is 0.366 e. The smallest absolute Gasteiger partial charge is 0.250 e. The van der Waals surface area contributed by atoms with E-state index in [9.17, 15) is 4.79 Å². The number of hydrogen-bond donors (Lipinski definition) is 2. The molecular formula is C15H20N4O. The van der Waals surface area contributed by atoms with Crippen molar-refractivity contribution in [2.75, 3.05) is 13.1 Å². The van der Waals surface area contributed by atoms with Crippen molar-refractivity contribution in [1.29, 1.82) is 0 Å². The average molecular weight is 272 g/mol. The second-order valence-electron chi connectivity index (χ2n) is 5.38. The molecule has 1 saturated heterocycles. The molecule has 1 atom stereocenters. The van der Waals surface area contributed by atoms with E-state index < -0.39 is 5.91 Å². The third kappa shape index (κ3) is 2.18. The molecule has 3 rings (SSSR count). The topological polar surface area (TPSA) is 75.0 Å². The van der Waals surface area contributed by atoms with E-state index in [2.05, 4.69) is 21.8 Å². The summed E-state index contributed by atoms with van der Waals surface area (Å²) in [6.07, 6.45) is 3.46. The van der Waals surface area contributed by atoms with Crippen LogP contribution in [-0.2, 0) is 0 Å². The summed E-state index contributed by atoms with van der Waals surface area (Å²) in [7, 11) is 0. The number of para-hydroxylation sites is 1. The molecule has 0 aliphatic carbocycles. The second-order valence-corrected chi connectivity index (χ2v) is 5.38. The van der Waals surface area contributed by atoms with Crippen LogP contribution in [0.3, 0.4) is 0 Å². The Morgan fingerprint density at radius 3 is 3.15 bits per heavy atom. The van der Waals surface area contributed by atoms with Crippen molar-refractivity contribution in [3.63, 3.8) is 0 Å². The van der Waals surface area contributed by atoms with Gasteiger partial charge in [-0.25, -0.2) is 4.98 Å². The van der Waals surface area contributed by atoms with Gasteiger partial charge in [-0.1, -0.05) is 13.0 Å². The maximum atomic E-state index is 11.5. The van der Waals surface area contributed by atoms with Gasteiger partial charge in [0.1, 0.15) is 11.3 Å². The Morgan fingerprint density at radius 1 is 1.55 bits per heavy atom. The Hall–Kier alpha value is -1.88. The summed E-state index contributed by atoms with van der Waals surface area (Å²) < 4.78 is 0. The van der Waals surface area contributed by atoms with Gasteiger partial charge in [0.25, 0.3) is 5.91 Å². The zero-order chi connectivity index (χ0) is 14.1. The van der Waals surface area contributed by atoms with Crippen LogP contribution >= 0.6 is 0 Å². The summed E-state index contributed by atoms with van der Waals surface area (Å²) in [6, 6.07) is 5.84. The number of imidazole rings is 1. The maximum Gasteiger partial charge on any atom is 0.250 e. The van der Waals surface area contributed by atoms with E-state index in [1.54, 1.807) is 6.07 Å². The van der Waals surface area contributed by atoms with Crippen molar-refractivity contribution in [3.8, 4) is 0 Å². The number of rotatable bonds is 4. The van der Waals surface area contributed by atoms with Crippen LogP contribution in [0.25, 0.3) is 11.0 Å². The number of benzene rings is 1. The van der Waals surface area contributed by atoms with Gasteiger partial charge in [0.05, 0.1) is 17.1 Å². The molecule has 5 nitrogen and oxygen atoms in total. The van der Waals surface area contributed by atoms with Gasteiger partial charge in [-0.15, -0.1) is 0 Å². The highest BCUT2D eigenvalue weighted by atomic mass is 16.1. The number of amides is 1. The Balaban J connectivity index is 2.00. The fraction of sp³-hybridized carbons (Fsp3) is 0.467. The van der Waals surface area contributed by atoms with Crippen molar-refractivity contribution < 1.29 is 4.79 Å². The number of fused-ring (bicyclic) bond motifs is 1. The van der Waals surface area contributed by atoms with Gasteiger partial charge >= 0.3 is 0 Å². The fourth-order valence-corrected chi connectivity index (χ4v) is 3.10. The fourth-order valence-electron chi connectivity index (χ4n) is 3.10. The molecule has 1 aromatic carbocycles. The third-order valence-corrected chi connectivity index (χ3v) is 3.99. The number of aromatic nitrogens is 2. The lowest BCUT2D eigenvalue weighted by Gasteiger charge is -2.21. The predicted octanol–water partition coefficient (Wildman–Crippen LogP) is 2.21. The number of nitrogens with one attached hydrogen (secondary N) is 1. The number of nitrogens with two attached hydrogens (primary N) is 1. The summed E-state index contributed by atoms with van der Waals surface area (Å²) in [6.45, 7) is 4.40. The minimum atomic E-state index is -0.425. The molecule has 2 aromatic rings. The average Bonchev–Trinajstić information content (AvgIpc) is 3.03. The van der Waals surface area contributed by atoms with Crippen LogP contribution in [0.1, 0.15) is 48.4 Å². The molecule has 106 valence electrons. The van der Waals surface area contributed by atoms with E-state index in [1.165, 1.54) is 6.42 Å². The second kappa shape index (κ2) is 5.25. The van der Waals surface area contributed by atoms with Gasteiger partial charge in [-0.2, -0.15) is 0 Å². The molecule has 0 radical (unpaired) electrons. The first kappa shape index (κ1) is 13.1. The molecule has 20 heavy (non-hydrogen) atoms. The summed E-state index contributed by atoms with van der Waals surface area (Å²) in [5, 5.41) is 0. The van der Waals surface area contributed by atoms with Crippen molar-refractivity contribution >= 4 is 16.9 Å². The normalized spacial score (nSPS) is 19.8. The van der Waals surface area contributed by atoms with Crippen molar-refractivity contribution in [2.45, 2.75) is 32.2 Å². The van der Waals surface area contributed by atoms with Crippen molar-refractivity contribution in [2.24, 2.45) is 5.73 Å². The van der Waals surface area contributed by atoms with Gasteiger partial charge in [-0.3, -0.25) is 9.69 Å². The van der Waals surface area contributed by atoms with Crippen molar-refractivity contribution in [3.05, 3.63) is 29.6 Å². The van der Waals surface area contributed by atoms with Gasteiger partial charge in [0.15, 0.2) is 0 Å². The third-order valence-electron chi connectivity index (χ3n) is 3.99. The molecule has 1 aliphatic rings. The van der Waals surface area contributed by atoms with Gasteiger partial charge < -0.3 is 10.7 Å². The van der Waals surface area contributed by atoms with Gasteiger partial charge in [0.2, 0.25) is 0 Å². The Kier molecular flexibility index (Phi) is 3.44. The highest BCUT2D eigenvalue weighted by molar-refractivity contribution is 6.04. The first-order chi connectivity index (χ1) is 9.70. The number of carbonyl (C=O) groups excluding carboxylic acids is 1. The number of hydrogen-bond acceptors (Lipinski definition) is 3. The predicted molar refractivity (Wildman–Crippen MR) is 78.5 cm³/mol. The lowest BCUT2D eigenvalue weighted by atomic mass is 10.2. The van der Waals surface area contributed by atoms with E-state index in [1.807, 2.05) is 12.1 Å². The minimum Gasteiger partial charge on any atom is -0.366 e. The molecule has 1 aliphatic heterocycles. The van der Waals surface area contributed by atoms with E-state index in [0.717, 1.165) is 37.3 Å². The zero-order valence-corrected chi connectivity index (χ0v) is 11.7. The highest BCUT2D eigenvalue weighted by Crippen LogP contribution is 2.31. The van der Waals surface area contributed by atoms with Crippen LogP contribution in [0, 0.1) is 0 Å². The lowest BCUT2D eigenvalue weighted by Crippen LogP contribution is -2.24. The summed E-state index contributed by atoms with van der Waals surface area (Å²) in [5.74, 6) is 0.533. The summed E-state index contributed by atoms with van der Waals surface area (Å²) in [4.78, 5) is 21.9. The van der Waals surface area contributed by atoms with Gasteiger partial charge in [-0.05, 0) is 44.5 Å². The molecule has 3 N–H and O–H groups in total. The first-order valence-corrected chi connectivity index (χ1v) is 7.23. The Bertz CT molecular complexity index is 634. The van der Waals surface area contributed by atoms with Crippen LogP contribution < -0.4 is 5.73 Å². The van der Waals surface area contributed by atoms with Crippen LogP contribution in [0.2, 0.25) is 0 Å². The molecule has 2 heterocycles. The monoisotopic (exact) mass is 272 g/mol. The molecule has 0 bridgehead atoms. The maximum absolute atomic E-state index is 11.5. The summed E-state index contributed by atoms with van der Waals surface area (Å²) in [5.41, 5.74) is 7.49. The minimum absolute atomic E-state index is 0.336. The number of carbonyl (C=O) groups is 1. The van der Waals surface area contributed by atoms with E-state index in [0.29, 0.717) is 17.1 Å². The Labute approximate surface area is 118 Å². The van der Waals surface area contributed by atoms with Crippen molar-refractivity contribution in [1.82, 2.24) is 14.9 Å². The Morgan fingerprint density at radius 2 is 2.40 bits per heavy atom. The van der Waals surface area contributed by atoms with Crippen LogP contribution in [0.5, 0.6) is 0 Å². The molecule has 0 saturated carbocycles. The van der Waals surface area contributed by atoms with E-state index in [4.69, 9.17) is 5.73 Å². The number of nitrogens with zero attached hydrogens (tertiary/aromatic N) is 2. The summed E-state index contributed by atoms with van der Waals surface area (Å²) >= 11 is 0. The molecule has 1 amide bonds. The highest BCUT2D eigenvalue weighted by Gasteiger charge is 2.28. The molecule has 0 unspecified atom stereocenters. The standard InChI is InChI=1S/C15H20N4O/c1-2-8-19-9-4-7-12(19)15-17-11-6-3-5-10(14(16)20)13(11)18-15/h3,5-6,12H,2,4,7-9H2,1H3,(H2,16,20)(H,17,18)/t12-/m0/s1. The molecule has 5 heteroatoms. The SMILES string of the molecule is CCCN1CCC[C@H]1c1nc2c(C(N)=O)cccc2[nH]1.